The Morgan fingerprint density at radius 3 is 2.09 bits per heavy atom. The van der Waals surface area contributed by atoms with Crippen molar-refractivity contribution in [3.63, 3.8) is 0 Å². The first kappa shape index (κ1) is 23.7. The van der Waals surface area contributed by atoms with E-state index >= 15 is 0 Å². The van der Waals surface area contributed by atoms with Gasteiger partial charge in [-0.2, -0.15) is 0 Å². The summed E-state index contributed by atoms with van der Waals surface area (Å²) in [4.78, 5) is 36.0. The summed E-state index contributed by atoms with van der Waals surface area (Å²) in [6, 6.07) is 14.8. The number of hydrogen-bond donors (Lipinski definition) is 3. The molecule has 7 nitrogen and oxygen atoms in total. The van der Waals surface area contributed by atoms with Crippen LogP contribution in [0.5, 0.6) is 0 Å². The Bertz CT molecular complexity index is 1070. The van der Waals surface area contributed by atoms with Crippen LogP contribution in [0.25, 0.3) is 11.1 Å². The van der Waals surface area contributed by atoms with E-state index in [-0.39, 0.29) is 18.4 Å². The van der Waals surface area contributed by atoms with Gasteiger partial charge in [0.1, 0.15) is 18.6 Å². The number of alkyl halides is 2. The van der Waals surface area contributed by atoms with Crippen molar-refractivity contribution in [1.29, 1.82) is 0 Å². The van der Waals surface area contributed by atoms with Crippen molar-refractivity contribution in [2.75, 3.05) is 13.2 Å². The first-order valence-corrected chi connectivity index (χ1v) is 11.1. The highest BCUT2D eigenvalue weighted by molar-refractivity contribution is 5.86. The first-order chi connectivity index (χ1) is 16.1. The van der Waals surface area contributed by atoms with Gasteiger partial charge >= 0.3 is 12.1 Å². The van der Waals surface area contributed by atoms with Crippen molar-refractivity contribution in [3.8, 4) is 11.1 Å². The molecule has 0 spiro atoms. The summed E-state index contributed by atoms with van der Waals surface area (Å²) in [6.07, 6.45) is -0.795. The van der Waals surface area contributed by atoms with Gasteiger partial charge < -0.3 is 20.5 Å². The van der Waals surface area contributed by atoms with Crippen LogP contribution in [0, 0.1) is 17.8 Å². The molecule has 0 radical (unpaired) electrons. The summed E-state index contributed by atoms with van der Waals surface area (Å²) in [6.45, 7) is 2.97. The van der Waals surface area contributed by atoms with E-state index in [0.29, 0.717) is 0 Å². The zero-order chi connectivity index (χ0) is 24.6. The van der Waals surface area contributed by atoms with Crippen molar-refractivity contribution in [2.24, 2.45) is 17.8 Å². The summed E-state index contributed by atoms with van der Waals surface area (Å²) >= 11 is 0. The zero-order valence-electron chi connectivity index (χ0n) is 18.8. The largest absolute Gasteiger partial charge is 0.481 e. The molecule has 0 heterocycles. The normalized spacial score (nSPS) is 20.7. The molecule has 0 aliphatic heterocycles. The van der Waals surface area contributed by atoms with Crippen LogP contribution in [0.1, 0.15) is 30.9 Å². The molecule has 2 unspecified atom stereocenters. The van der Waals surface area contributed by atoms with Gasteiger partial charge in [0.2, 0.25) is 5.91 Å². The number of nitrogens with one attached hydrogen (secondary N) is 2. The minimum Gasteiger partial charge on any atom is -0.481 e. The lowest BCUT2D eigenvalue weighted by molar-refractivity contribution is -0.141. The number of aliphatic carboxylic acids is 1. The SMILES string of the molecule is CC(C)[C@H](NC(=O)OCC1c2ccccc2-c2ccccc21)C(=O)NCC1C(C(=O)O)C1(F)F. The van der Waals surface area contributed by atoms with E-state index in [1.54, 1.807) is 13.8 Å². The molecule has 0 aromatic heterocycles. The molecule has 3 atom stereocenters. The van der Waals surface area contributed by atoms with Gasteiger partial charge in [0, 0.05) is 12.5 Å². The third-order valence-electron chi connectivity index (χ3n) is 6.53. The van der Waals surface area contributed by atoms with Gasteiger partial charge in [-0.1, -0.05) is 62.4 Å². The highest BCUT2D eigenvalue weighted by Gasteiger charge is 2.72. The molecule has 0 bridgehead atoms. The number of benzene rings is 2. The van der Waals surface area contributed by atoms with Gasteiger partial charge in [-0.3, -0.25) is 9.59 Å². The predicted octanol–water partition coefficient (Wildman–Crippen LogP) is 3.63. The fourth-order valence-electron chi connectivity index (χ4n) is 4.60. The molecule has 0 saturated heterocycles. The van der Waals surface area contributed by atoms with Crippen molar-refractivity contribution >= 4 is 18.0 Å². The molecule has 180 valence electrons. The van der Waals surface area contributed by atoms with Crippen LogP contribution in [0.2, 0.25) is 0 Å². The number of carbonyl (C=O) groups is 3. The Labute approximate surface area is 195 Å². The number of carboxylic acids is 1. The van der Waals surface area contributed by atoms with Gasteiger partial charge in [0.05, 0.1) is 5.92 Å². The first-order valence-electron chi connectivity index (χ1n) is 11.1. The van der Waals surface area contributed by atoms with Gasteiger partial charge in [-0.05, 0) is 28.2 Å². The molecule has 2 aromatic carbocycles. The second-order valence-electron chi connectivity index (χ2n) is 9.03. The molecule has 2 amide bonds. The molecule has 4 rings (SSSR count). The summed E-state index contributed by atoms with van der Waals surface area (Å²) in [5.74, 6) is -9.38. The molecule has 2 aromatic rings. The molecule has 1 fully saturated rings. The fraction of sp³-hybridized carbons (Fsp3) is 0.400. The lowest BCUT2D eigenvalue weighted by Gasteiger charge is -2.22. The molecule has 1 saturated carbocycles. The highest BCUT2D eigenvalue weighted by atomic mass is 19.3. The fourth-order valence-corrected chi connectivity index (χ4v) is 4.60. The maximum Gasteiger partial charge on any atom is 0.407 e. The smallest absolute Gasteiger partial charge is 0.407 e. The van der Waals surface area contributed by atoms with Crippen LogP contribution in [0.3, 0.4) is 0 Å². The number of halogens is 2. The van der Waals surface area contributed by atoms with E-state index in [0.717, 1.165) is 22.3 Å². The van der Waals surface area contributed by atoms with Gasteiger partial charge in [-0.25, -0.2) is 13.6 Å². The number of carbonyl (C=O) groups excluding carboxylic acids is 2. The molecule has 34 heavy (non-hydrogen) atoms. The lowest BCUT2D eigenvalue weighted by atomic mass is 9.98. The number of alkyl carbamates (subject to hydrolysis) is 1. The van der Waals surface area contributed by atoms with Crippen LogP contribution in [0.4, 0.5) is 13.6 Å². The Hall–Kier alpha value is -3.49. The van der Waals surface area contributed by atoms with Crippen LogP contribution in [-0.2, 0) is 14.3 Å². The van der Waals surface area contributed by atoms with Gasteiger partial charge in [0.25, 0.3) is 5.92 Å². The zero-order valence-corrected chi connectivity index (χ0v) is 18.8. The summed E-state index contributed by atoms with van der Waals surface area (Å²) in [5, 5.41) is 13.7. The van der Waals surface area contributed by atoms with Crippen LogP contribution >= 0.6 is 0 Å². The second kappa shape index (κ2) is 9.04. The lowest BCUT2D eigenvalue weighted by Crippen LogP contribution is -2.50. The monoisotopic (exact) mass is 472 g/mol. The maximum atomic E-state index is 13.6. The second-order valence-corrected chi connectivity index (χ2v) is 9.03. The number of rotatable bonds is 8. The Balaban J connectivity index is 1.35. The van der Waals surface area contributed by atoms with E-state index in [1.165, 1.54) is 0 Å². The summed E-state index contributed by atoms with van der Waals surface area (Å²) < 4.78 is 32.6. The van der Waals surface area contributed by atoms with Crippen molar-refractivity contribution in [2.45, 2.75) is 31.7 Å². The van der Waals surface area contributed by atoms with Crippen LogP contribution < -0.4 is 10.6 Å². The Morgan fingerprint density at radius 2 is 1.59 bits per heavy atom. The minimum absolute atomic E-state index is 0.0703. The average molecular weight is 472 g/mol. The van der Waals surface area contributed by atoms with E-state index in [2.05, 4.69) is 10.6 Å². The molecular formula is C25H26F2N2O5. The quantitative estimate of drug-likeness (QED) is 0.544. The average Bonchev–Trinajstić information content (AvgIpc) is 3.21. The number of carboxylic acid groups (broad SMARTS) is 1. The third kappa shape index (κ3) is 4.34. The molecule has 2 aliphatic carbocycles. The summed E-state index contributed by atoms with van der Waals surface area (Å²) in [5.41, 5.74) is 4.27. The van der Waals surface area contributed by atoms with Crippen molar-refractivity contribution in [1.82, 2.24) is 10.6 Å². The summed E-state index contributed by atoms with van der Waals surface area (Å²) in [7, 11) is 0. The van der Waals surface area contributed by atoms with E-state index in [1.807, 2.05) is 48.5 Å². The van der Waals surface area contributed by atoms with E-state index in [9.17, 15) is 23.2 Å². The standard InChI is InChI=1S/C25H26F2N2O5/c1-13(2)21(22(30)28-11-19-20(23(31)32)25(19,26)27)29-24(33)34-12-18-16-9-5-3-7-14(16)15-8-4-6-10-17(15)18/h3-10,13,18-21H,11-12H2,1-2H3,(H,28,30)(H,29,33)(H,31,32)/t19?,20?,21-/m0/s1. The number of ether oxygens (including phenoxy) is 1. The van der Waals surface area contributed by atoms with Gasteiger partial charge in [0.15, 0.2) is 0 Å². The number of fused-ring (bicyclic) bond motifs is 3. The Morgan fingerprint density at radius 1 is 1.03 bits per heavy atom. The van der Waals surface area contributed by atoms with Crippen LogP contribution in [-0.4, -0.2) is 48.2 Å². The van der Waals surface area contributed by atoms with Crippen LogP contribution in [0.15, 0.2) is 48.5 Å². The third-order valence-corrected chi connectivity index (χ3v) is 6.53. The number of hydrogen-bond acceptors (Lipinski definition) is 4. The van der Waals surface area contributed by atoms with Crippen molar-refractivity contribution in [3.05, 3.63) is 59.7 Å². The number of amides is 2. The predicted molar refractivity (Wildman–Crippen MR) is 119 cm³/mol. The van der Waals surface area contributed by atoms with E-state index < -0.39 is 48.3 Å². The van der Waals surface area contributed by atoms with Gasteiger partial charge in [-0.15, -0.1) is 0 Å². The molecule has 3 N–H and O–H groups in total. The van der Waals surface area contributed by atoms with E-state index in [4.69, 9.17) is 9.84 Å². The topological polar surface area (TPSA) is 105 Å². The highest BCUT2D eigenvalue weighted by Crippen LogP contribution is 2.54. The molecular weight excluding hydrogens is 446 g/mol. The Kier molecular flexibility index (Phi) is 6.29. The molecule has 9 heteroatoms. The maximum absolute atomic E-state index is 13.6. The minimum atomic E-state index is -3.35. The van der Waals surface area contributed by atoms with Crippen molar-refractivity contribution < 1.29 is 33.0 Å². The molecule has 2 aliphatic rings.